The molecule has 6 nitrogen and oxygen atoms in total. The van der Waals surface area contributed by atoms with Crippen molar-refractivity contribution < 1.29 is 14.7 Å². The Morgan fingerprint density at radius 2 is 1.71 bits per heavy atom. The van der Waals surface area contributed by atoms with Crippen molar-refractivity contribution in [2.75, 3.05) is 13.1 Å². The highest BCUT2D eigenvalue weighted by atomic mass is 16.4. The van der Waals surface area contributed by atoms with E-state index in [0.29, 0.717) is 18.7 Å². The molecule has 2 amide bonds. The van der Waals surface area contributed by atoms with Gasteiger partial charge in [-0.05, 0) is 45.4 Å². The maximum Gasteiger partial charge on any atom is 0.335 e. The van der Waals surface area contributed by atoms with Crippen LogP contribution in [0.2, 0.25) is 0 Å². The van der Waals surface area contributed by atoms with E-state index in [-0.39, 0.29) is 24.2 Å². The summed E-state index contributed by atoms with van der Waals surface area (Å²) in [7, 11) is 0. The molecule has 1 heterocycles. The first-order chi connectivity index (χ1) is 11.3. The standard InChI is InChI=1S/C18H27N3O3/c1-12(2)19-18(24)20-9-13(3)21(14(4)10-20)11-15-5-7-16(8-6-15)17(22)23/h5-8,12-14H,9-11H2,1-4H3,(H,19,24)(H,22,23)/t13-,14+. The van der Waals surface area contributed by atoms with Crippen molar-refractivity contribution in [3.8, 4) is 0 Å². The zero-order valence-electron chi connectivity index (χ0n) is 14.8. The van der Waals surface area contributed by atoms with E-state index in [4.69, 9.17) is 5.11 Å². The summed E-state index contributed by atoms with van der Waals surface area (Å²) in [6, 6.07) is 7.61. The minimum atomic E-state index is -0.909. The average molecular weight is 333 g/mol. The molecule has 1 aliphatic heterocycles. The van der Waals surface area contributed by atoms with Gasteiger partial charge in [0, 0.05) is 37.8 Å². The second-order valence-corrected chi connectivity index (χ2v) is 6.88. The summed E-state index contributed by atoms with van der Waals surface area (Å²) in [5.74, 6) is -0.909. The molecule has 132 valence electrons. The van der Waals surface area contributed by atoms with Crippen LogP contribution in [0, 0.1) is 0 Å². The number of rotatable bonds is 4. The van der Waals surface area contributed by atoms with E-state index in [0.717, 1.165) is 12.1 Å². The Balaban J connectivity index is 2.00. The van der Waals surface area contributed by atoms with Gasteiger partial charge in [-0.15, -0.1) is 0 Å². The van der Waals surface area contributed by atoms with Crippen LogP contribution in [-0.4, -0.2) is 58.1 Å². The van der Waals surface area contributed by atoms with E-state index in [1.54, 1.807) is 12.1 Å². The Bertz CT molecular complexity index is 574. The number of aromatic carboxylic acids is 1. The minimum Gasteiger partial charge on any atom is -0.478 e. The van der Waals surface area contributed by atoms with Gasteiger partial charge in [0.05, 0.1) is 5.56 Å². The second kappa shape index (κ2) is 7.66. The third kappa shape index (κ3) is 4.47. The predicted octanol–water partition coefficient (Wildman–Crippen LogP) is 2.40. The monoisotopic (exact) mass is 333 g/mol. The van der Waals surface area contributed by atoms with E-state index in [9.17, 15) is 9.59 Å². The number of nitrogens with zero attached hydrogens (tertiary/aromatic N) is 2. The molecular formula is C18H27N3O3. The summed E-state index contributed by atoms with van der Waals surface area (Å²) in [5, 5.41) is 11.9. The fourth-order valence-corrected chi connectivity index (χ4v) is 3.14. The molecule has 1 aliphatic rings. The maximum absolute atomic E-state index is 12.2. The van der Waals surface area contributed by atoms with Gasteiger partial charge in [0.1, 0.15) is 0 Å². The summed E-state index contributed by atoms with van der Waals surface area (Å²) in [5.41, 5.74) is 1.38. The number of urea groups is 1. The molecule has 2 atom stereocenters. The Labute approximate surface area is 143 Å². The van der Waals surface area contributed by atoms with Crippen molar-refractivity contribution in [1.29, 1.82) is 0 Å². The van der Waals surface area contributed by atoms with Gasteiger partial charge < -0.3 is 15.3 Å². The predicted molar refractivity (Wildman–Crippen MR) is 93.1 cm³/mol. The summed E-state index contributed by atoms with van der Waals surface area (Å²) < 4.78 is 0. The molecule has 0 radical (unpaired) electrons. The van der Waals surface area contributed by atoms with Gasteiger partial charge in [-0.25, -0.2) is 9.59 Å². The molecule has 1 fully saturated rings. The SMILES string of the molecule is CC(C)NC(=O)N1C[C@@H](C)N(Cc2ccc(C(=O)O)cc2)[C@@H](C)C1. The molecule has 0 bridgehead atoms. The van der Waals surface area contributed by atoms with Crippen molar-refractivity contribution >= 4 is 12.0 Å². The highest BCUT2D eigenvalue weighted by Crippen LogP contribution is 2.19. The smallest absolute Gasteiger partial charge is 0.335 e. The fraction of sp³-hybridized carbons (Fsp3) is 0.556. The quantitative estimate of drug-likeness (QED) is 0.887. The minimum absolute atomic E-state index is 0.00541. The van der Waals surface area contributed by atoms with Crippen LogP contribution in [0.5, 0.6) is 0 Å². The number of benzene rings is 1. The zero-order valence-corrected chi connectivity index (χ0v) is 14.8. The average Bonchev–Trinajstić information content (AvgIpc) is 2.50. The molecule has 1 saturated heterocycles. The number of carbonyl (C=O) groups is 2. The molecule has 0 saturated carbocycles. The lowest BCUT2D eigenvalue weighted by Crippen LogP contribution is -2.59. The molecule has 1 aromatic rings. The first-order valence-electron chi connectivity index (χ1n) is 8.41. The molecule has 0 aliphatic carbocycles. The summed E-state index contributed by atoms with van der Waals surface area (Å²) >= 11 is 0. The van der Waals surface area contributed by atoms with Crippen LogP contribution in [0.4, 0.5) is 4.79 Å². The van der Waals surface area contributed by atoms with E-state index in [1.165, 1.54) is 0 Å². The number of hydrogen-bond acceptors (Lipinski definition) is 3. The third-order valence-electron chi connectivity index (χ3n) is 4.37. The Morgan fingerprint density at radius 1 is 1.17 bits per heavy atom. The lowest BCUT2D eigenvalue weighted by Gasteiger charge is -2.44. The van der Waals surface area contributed by atoms with E-state index >= 15 is 0 Å². The van der Waals surface area contributed by atoms with E-state index in [2.05, 4.69) is 24.1 Å². The van der Waals surface area contributed by atoms with Crippen LogP contribution >= 0.6 is 0 Å². The van der Waals surface area contributed by atoms with Crippen molar-refractivity contribution in [1.82, 2.24) is 15.1 Å². The molecule has 24 heavy (non-hydrogen) atoms. The van der Waals surface area contributed by atoms with Gasteiger partial charge in [-0.1, -0.05) is 12.1 Å². The fourth-order valence-electron chi connectivity index (χ4n) is 3.14. The van der Waals surface area contributed by atoms with Crippen LogP contribution in [0.15, 0.2) is 24.3 Å². The van der Waals surface area contributed by atoms with Gasteiger partial charge >= 0.3 is 12.0 Å². The normalized spacial score (nSPS) is 21.8. The zero-order chi connectivity index (χ0) is 17.9. The topological polar surface area (TPSA) is 72.9 Å². The second-order valence-electron chi connectivity index (χ2n) is 6.88. The van der Waals surface area contributed by atoms with Gasteiger partial charge in [0.15, 0.2) is 0 Å². The van der Waals surface area contributed by atoms with Crippen LogP contribution in [0.3, 0.4) is 0 Å². The number of hydrogen-bond donors (Lipinski definition) is 2. The number of nitrogens with one attached hydrogen (secondary N) is 1. The largest absolute Gasteiger partial charge is 0.478 e. The van der Waals surface area contributed by atoms with Gasteiger partial charge in [0.2, 0.25) is 0 Å². The molecule has 0 unspecified atom stereocenters. The van der Waals surface area contributed by atoms with Gasteiger partial charge in [-0.2, -0.15) is 0 Å². The van der Waals surface area contributed by atoms with Crippen LogP contribution in [-0.2, 0) is 6.54 Å². The highest BCUT2D eigenvalue weighted by Gasteiger charge is 2.31. The summed E-state index contributed by atoms with van der Waals surface area (Å²) in [4.78, 5) is 27.4. The highest BCUT2D eigenvalue weighted by molar-refractivity contribution is 5.87. The number of carboxylic acid groups (broad SMARTS) is 1. The van der Waals surface area contributed by atoms with Crippen molar-refractivity contribution in [2.45, 2.75) is 52.4 Å². The molecule has 1 aromatic carbocycles. The van der Waals surface area contributed by atoms with E-state index < -0.39 is 5.97 Å². The number of amides is 2. The van der Waals surface area contributed by atoms with Crippen LogP contribution in [0.25, 0.3) is 0 Å². The Hall–Kier alpha value is -2.08. The molecule has 0 aromatic heterocycles. The molecule has 0 spiro atoms. The van der Waals surface area contributed by atoms with Crippen molar-refractivity contribution in [3.63, 3.8) is 0 Å². The lowest BCUT2D eigenvalue weighted by atomic mass is 10.1. The first-order valence-corrected chi connectivity index (χ1v) is 8.41. The molecule has 2 rings (SSSR count). The number of carboxylic acids is 1. The number of piperazine rings is 1. The van der Waals surface area contributed by atoms with Crippen molar-refractivity contribution in [2.24, 2.45) is 0 Å². The third-order valence-corrected chi connectivity index (χ3v) is 4.37. The molecule has 6 heteroatoms. The van der Waals surface area contributed by atoms with Gasteiger partial charge in [-0.3, -0.25) is 4.90 Å². The lowest BCUT2D eigenvalue weighted by molar-refractivity contribution is 0.0488. The van der Waals surface area contributed by atoms with Crippen LogP contribution in [0.1, 0.15) is 43.6 Å². The van der Waals surface area contributed by atoms with Crippen molar-refractivity contribution in [3.05, 3.63) is 35.4 Å². The summed E-state index contributed by atoms with van der Waals surface area (Å²) in [6.45, 7) is 10.3. The molecule has 2 N–H and O–H groups in total. The summed E-state index contributed by atoms with van der Waals surface area (Å²) in [6.07, 6.45) is 0. The van der Waals surface area contributed by atoms with Gasteiger partial charge in [0.25, 0.3) is 0 Å². The van der Waals surface area contributed by atoms with Crippen LogP contribution < -0.4 is 5.32 Å². The maximum atomic E-state index is 12.2. The Morgan fingerprint density at radius 3 is 2.17 bits per heavy atom. The Kier molecular flexibility index (Phi) is 5.83. The van der Waals surface area contributed by atoms with E-state index in [1.807, 2.05) is 30.9 Å². The first kappa shape index (κ1) is 18.3. The molecular weight excluding hydrogens is 306 g/mol. The number of carbonyl (C=O) groups excluding carboxylic acids is 1.